The van der Waals surface area contributed by atoms with Gasteiger partial charge in [0.05, 0.1) is 17.2 Å². The molecule has 0 unspecified atom stereocenters. The Labute approximate surface area is 111 Å². The third-order valence-corrected chi connectivity index (χ3v) is 2.94. The Morgan fingerprint density at radius 2 is 2.16 bits per heavy atom. The summed E-state index contributed by atoms with van der Waals surface area (Å²) in [5.41, 5.74) is 3.12. The van der Waals surface area contributed by atoms with Gasteiger partial charge in [-0.1, -0.05) is 26.0 Å². The van der Waals surface area contributed by atoms with Crippen LogP contribution in [-0.2, 0) is 6.54 Å². The third-order valence-electron chi connectivity index (χ3n) is 2.94. The van der Waals surface area contributed by atoms with Crippen LogP contribution >= 0.6 is 0 Å². The van der Waals surface area contributed by atoms with Crippen LogP contribution < -0.4 is 5.32 Å². The van der Waals surface area contributed by atoms with Crippen LogP contribution in [0.15, 0.2) is 36.7 Å². The number of hydrogen-bond acceptors (Lipinski definition) is 3. The molecule has 2 N–H and O–H groups in total. The molecule has 19 heavy (non-hydrogen) atoms. The molecule has 0 aliphatic carbocycles. The summed E-state index contributed by atoms with van der Waals surface area (Å²) in [6.07, 6.45) is 3.86. The minimum atomic E-state index is 0.467. The fourth-order valence-electron chi connectivity index (χ4n) is 1.94. The molecule has 1 aromatic carbocycles. The van der Waals surface area contributed by atoms with E-state index in [0.29, 0.717) is 6.04 Å². The first kappa shape index (κ1) is 11.9. The van der Waals surface area contributed by atoms with E-state index in [1.54, 1.807) is 4.68 Å². The average molecular weight is 255 g/mol. The highest BCUT2D eigenvalue weighted by atomic mass is 15.3. The number of nitrogens with zero attached hydrogens (tertiary/aromatic N) is 3. The molecule has 2 aromatic heterocycles. The fraction of sp³-hybridized carbons (Fsp3) is 0.286. The van der Waals surface area contributed by atoms with E-state index < -0.39 is 0 Å². The Kier molecular flexibility index (Phi) is 3.05. The highest BCUT2D eigenvalue weighted by Crippen LogP contribution is 2.13. The molecule has 0 amide bonds. The van der Waals surface area contributed by atoms with E-state index in [2.05, 4.69) is 34.2 Å². The summed E-state index contributed by atoms with van der Waals surface area (Å²) < 4.78 is 1.78. The maximum absolute atomic E-state index is 4.52. The molecule has 0 aliphatic heterocycles. The molecule has 5 heteroatoms. The van der Waals surface area contributed by atoms with E-state index in [1.165, 1.54) is 0 Å². The lowest BCUT2D eigenvalue weighted by atomic mass is 10.3. The quantitative estimate of drug-likeness (QED) is 0.751. The van der Waals surface area contributed by atoms with Crippen LogP contribution in [-0.4, -0.2) is 25.8 Å². The number of aromatic nitrogens is 4. The number of hydrogen-bond donors (Lipinski definition) is 2. The maximum atomic E-state index is 4.52. The van der Waals surface area contributed by atoms with E-state index in [4.69, 9.17) is 0 Å². The Hall–Kier alpha value is -2.14. The smallest absolute Gasteiger partial charge is 0.229 e. The van der Waals surface area contributed by atoms with Gasteiger partial charge in [-0.2, -0.15) is 5.10 Å². The first-order valence-electron chi connectivity index (χ1n) is 6.44. The van der Waals surface area contributed by atoms with Crippen molar-refractivity contribution in [1.82, 2.24) is 25.1 Å². The van der Waals surface area contributed by atoms with Gasteiger partial charge in [0.25, 0.3) is 0 Å². The van der Waals surface area contributed by atoms with Gasteiger partial charge in [0.15, 0.2) is 0 Å². The topological polar surface area (TPSA) is 58.5 Å². The molecule has 0 fully saturated rings. The lowest BCUT2D eigenvalue weighted by Gasteiger charge is -2.04. The number of fused-ring (bicyclic) bond motifs is 1. The van der Waals surface area contributed by atoms with Crippen LogP contribution in [0.2, 0.25) is 0 Å². The molecular weight excluding hydrogens is 238 g/mol. The molecule has 0 spiro atoms. The van der Waals surface area contributed by atoms with E-state index in [9.17, 15) is 0 Å². The summed E-state index contributed by atoms with van der Waals surface area (Å²) in [6.45, 7) is 5.07. The van der Waals surface area contributed by atoms with Gasteiger partial charge in [-0.25, -0.2) is 9.67 Å². The predicted octanol–water partition coefficient (Wildman–Crippen LogP) is 2.25. The van der Waals surface area contributed by atoms with Crippen molar-refractivity contribution in [3.63, 3.8) is 0 Å². The van der Waals surface area contributed by atoms with Gasteiger partial charge in [0.1, 0.15) is 0 Å². The van der Waals surface area contributed by atoms with Crippen LogP contribution in [0.25, 0.3) is 17.0 Å². The molecule has 0 atom stereocenters. The van der Waals surface area contributed by atoms with Crippen molar-refractivity contribution in [2.75, 3.05) is 0 Å². The van der Waals surface area contributed by atoms with E-state index >= 15 is 0 Å². The van der Waals surface area contributed by atoms with E-state index in [-0.39, 0.29) is 0 Å². The summed E-state index contributed by atoms with van der Waals surface area (Å²) in [7, 11) is 0. The van der Waals surface area contributed by atoms with Crippen molar-refractivity contribution in [2.45, 2.75) is 26.4 Å². The average Bonchev–Trinajstić information content (AvgIpc) is 3.02. The second-order valence-electron chi connectivity index (χ2n) is 4.91. The zero-order chi connectivity index (χ0) is 13.2. The lowest BCUT2D eigenvalue weighted by molar-refractivity contribution is 0.589. The number of benzene rings is 1. The number of H-pyrrole nitrogens is 1. The van der Waals surface area contributed by atoms with Crippen LogP contribution in [0, 0.1) is 0 Å². The van der Waals surface area contributed by atoms with Crippen molar-refractivity contribution < 1.29 is 0 Å². The summed E-state index contributed by atoms with van der Waals surface area (Å²) in [5, 5.41) is 7.71. The minimum absolute atomic E-state index is 0.467. The van der Waals surface area contributed by atoms with Gasteiger partial charge in [-0.05, 0) is 12.1 Å². The Morgan fingerprint density at radius 3 is 2.95 bits per heavy atom. The number of imidazole rings is 1. The van der Waals surface area contributed by atoms with Gasteiger partial charge in [0.2, 0.25) is 5.95 Å². The monoisotopic (exact) mass is 255 g/mol. The van der Waals surface area contributed by atoms with E-state index in [1.807, 2.05) is 36.7 Å². The first-order chi connectivity index (χ1) is 9.22. The summed E-state index contributed by atoms with van der Waals surface area (Å²) >= 11 is 0. The second kappa shape index (κ2) is 4.85. The lowest BCUT2D eigenvalue weighted by Crippen LogP contribution is -2.21. The first-order valence-corrected chi connectivity index (χ1v) is 6.44. The van der Waals surface area contributed by atoms with Crippen LogP contribution in [0.3, 0.4) is 0 Å². The Morgan fingerprint density at radius 1 is 1.32 bits per heavy atom. The predicted molar refractivity (Wildman–Crippen MR) is 75.2 cm³/mol. The third kappa shape index (κ3) is 2.51. The molecule has 3 rings (SSSR count). The molecule has 0 saturated heterocycles. The largest absolute Gasteiger partial charge is 0.322 e. The normalized spacial score (nSPS) is 11.5. The molecular formula is C14H17N5. The zero-order valence-corrected chi connectivity index (χ0v) is 11.1. The minimum Gasteiger partial charge on any atom is -0.322 e. The molecule has 0 aliphatic rings. The van der Waals surface area contributed by atoms with Crippen molar-refractivity contribution in [3.8, 4) is 5.95 Å². The van der Waals surface area contributed by atoms with Crippen molar-refractivity contribution in [1.29, 1.82) is 0 Å². The molecule has 0 saturated carbocycles. The molecule has 3 aromatic rings. The molecule has 2 heterocycles. The Bertz CT molecular complexity index is 647. The number of rotatable bonds is 4. The zero-order valence-electron chi connectivity index (χ0n) is 11.1. The van der Waals surface area contributed by atoms with Crippen molar-refractivity contribution in [2.24, 2.45) is 0 Å². The Balaban J connectivity index is 1.85. The standard InChI is InChI=1S/C14H17N5/c1-10(2)15-7-11-8-16-19(9-11)14-17-12-5-3-4-6-13(12)18-14/h3-6,8-10,15H,7H2,1-2H3,(H,17,18). The molecule has 98 valence electrons. The van der Waals surface area contributed by atoms with Crippen molar-refractivity contribution in [3.05, 3.63) is 42.2 Å². The van der Waals surface area contributed by atoms with Crippen molar-refractivity contribution >= 4 is 11.0 Å². The van der Waals surface area contributed by atoms with Gasteiger partial charge in [-0.3, -0.25) is 0 Å². The number of aromatic amines is 1. The number of para-hydroxylation sites is 2. The van der Waals surface area contributed by atoms with Gasteiger partial charge < -0.3 is 10.3 Å². The fourth-order valence-corrected chi connectivity index (χ4v) is 1.94. The highest BCUT2D eigenvalue weighted by Gasteiger charge is 2.06. The molecule has 0 bridgehead atoms. The highest BCUT2D eigenvalue weighted by molar-refractivity contribution is 5.75. The van der Waals surface area contributed by atoms with Crippen LogP contribution in [0.5, 0.6) is 0 Å². The van der Waals surface area contributed by atoms with Crippen LogP contribution in [0.1, 0.15) is 19.4 Å². The molecule has 0 radical (unpaired) electrons. The van der Waals surface area contributed by atoms with E-state index in [0.717, 1.165) is 29.1 Å². The number of nitrogens with one attached hydrogen (secondary N) is 2. The van der Waals surface area contributed by atoms with Gasteiger partial charge in [0, 0.05) is 24.3 Å². The molecule has 5 nitrogen and oxygen atoms in total. The summed E-state index contributed by atoms with van der Waals surface area (Å²) in [5.74, 6) is 0.747. The second-order valence-corrected chi connectivity index (χ2v) is 4.91. The summed E-state index contributed by atoms with van der Waals surface area (Å²) in [6, 6.07) is 8.44. The van der Waals surface area contributed by atoms with Gasteiger partial charge >= 0.3 is 0 Å². The SMILES string of the molecule is CC(C)NCc1cnn(-c2nc3ccccc3[nH]2)c1. The van der Waals surface area contributed by atoms with Gasteiger partial charge in [-0.15, -0.1) is 0 Å². The summed E-state index contributed by atoms with van der Waals surface area (Å²) in [4.78, 5) is 7.78. The maximum Gasteiger partial charge on any atom is 0.229 e. The van der Waals surface area contributed by atoms with Crippen LogP contribution in [0.4, 0.5) is 0 Å².